The molecule has 1 aromatic rings. The largest absolute Gasteiger partial charge is 0.387 e. The fourth-order valence-electron chi connectivity index (χ4n) is 2.50. The highest BCUT2D eigenvalue weighted by molar-refractivity contribution is 7.99. The van der Waals surface area contributed by atoms with Gasteiger partial charge in [-0.15, -0.1) is 0 Å². The summed E-state index contributed by atoms with van der Waals surface area (Å²) in [5, 5.41) is 18.3. The van der Waals surface area contributed by atoms with Crippen LogP contribution in [0.5, 0.6) is 0 Å². The Balaban J connectivity index is 1.78. The van der Waals surface area contributed by atoms with E-state index >= 15 is 0 Å². The molecule has 1 saturated heterocycles. The van der Waals surface area contributed by atoms with E-state index < -0.39 is 5.60 Å². The number of benzene rings is 1. The lowest BCUT2D eigenvalue weighted by Crippen LogP contribution is -2.40. The van der Waals surface area contributed by atoms with Crippen molar-refractivity contribution in [2.45, 2.75) is 31.8 Å². The molecule has 7 heteroatoms. The fourth-order valence-corrected chi connectivity index (χ4v) is 4.29. The second-order valence-corrected chi connectivity index (χ2v) is 7.94. The summed E-state index contributed by atoms with van der Waals surface area (Å²) in [6, 6.07) is 5.61. The molecule has 1 fully saturated rings. The van der Waals surface area contributed by atoms with E-state index in [2.05, 4.69) is 15.6 Å². The van der Waals surface area contributed by atoms with Crippen LogP contribution in [0.2, 0.25) is 10.0 Å². The molecule has 0 amide bonds. The number of hydrogen-bond donors (Lipinski definition) is 3. The van der Waals surface area contributed by atoms with Crippen LogP contribution in [-0.4, -0.2) is 47.8 Å². The van der Waals surface area contributed by atoms with Gasteiger partial charge in [-0.25, -0.2) is 0 Å². The molecule has 2 rings (SSSR count). The van der Waals surface area contributed by atoms with Crippen LogP contribution in [0.25, 0.3) is 0 Å². The van der Waals surface area contributed by atoms with E-state index in [1.165, 1.54) is 0 Å². The summed E-state index contributed by atoms with van der Waals surface area (Å²) < 4.78 is 0. The zero-order chi connectivity index (χ0) is 17.4. The van der Waals surface area contributed by atoms with Crippen LogP contribution in [-0.2, 0) is 6.42 Å². The van der Waals surface area contributed by atoms with Gasteiger partial charge >= 0.3 is 0 Å². The minimum Gasteiger partial charge on any atom is -0.387 e. The molecule has 1 aliphatic rings. The maximum atomic E-state index is 10.4. The van der Waals surface area contributed by atoms with Crippen molar-refractivity contribution < 1.29 is 5.11 Å². The Kier molecular flexibility index (Phi) is 8.01. The summed E-state index contributed by atoms with van der Waals surface area (Å²) in [6.45, 7) is 4.06. The molecule has 0 aromatic heterocycles. The molecule has 1 aliphatic heterocycles. The van der Waals surface area contributed by atoms with Crippen LogP contribution in [0.1, 0.15) is 25.3 Å². The van der Waals surface area contributed by atoms with Gasteiger partial charge in [-0.2, -0.15) is 11.8 Å². The summed E-state index contributed by atoms with van der Waals surface area (Å²) in [6.07, 6.45) is 2.63. The number of thioether (sulfide) groups is 1. The van der Waals surface area contributed by atoms with Gasteiger partial charge in [-0.1, -0.05) is 29.3 Å². The number of aryl methyl sites for hydroxylation is 1. The maximum Gasteiger partial charge on any atom is 0.191 e. The van der Waals surface area contributed by atoms with Crippen molar-refractivity contribution in [3.8, 4) is 0 Å². The zero-order valence-corrected chi connectivity index (χ0v) is 16.3. The van der Waals surface area contributed by atoms with Crippen molar-refractivity contribution in [1.29, 1.82) is 0 Å². The highest BCUT2D eigenvalue weighted by Crippen LogP contribution is 2.27. The lowest BCUT2D eigenvalue weighted by atomic mass is 10.1. The van der Waals surface area contributed by atoms with Crippen molar-refractivity contribution in [2.24, 2.45) is 4.99 Å². The normalized spacial score (nSPS) is 21.1. The molecule has 24 heavy (non-hydrogen) atoms. The van der Waals surface area contributed by atoms with Gasteiger partial charge in [0.05, 0.1) is 12.1 Å². The van der Waals surface area contributed by atoms with E-state index in [4.69, 9.17) is 23.2 Å². The van der Waals surface area contributed by atoms with Gasteiger partial charge in [-0.3, -0.25) is 4.99 Å². The first-order valence-corrected chi connectivity index (χ1v) is 10.2. The lowest BCUT2D eigenvalue weighted by molar-refractivity contribution is 0.0778. The Hall–Kier alpha value is -0.620. The highest BCUT2D eigenvalue weighted by Gasteiger charge is 2.31. The Morgan fingerprint density at radius 1 is 1.38 bits per heavy atom. The number of aliphatic imine (C=N–C) groups is 1. The van der Waals surface area contributed by atoms with Crippen LogP contribution in [0.4, 0.5) is 0 Å². The SMILES string of the molecule is CCNC(=NCC1(O)CCSC1)NCCCc1ccc(Cl)cc1Cl. The minimum absolute atomic E-state index is 0.443. The molecule has 3 N–H and O–H groups in total. The Morgan fingerprint density at radius 2 is 2.21 bits per heavy atom. The average molecular weight is 390 g/mol. The first-order chi connectivity index (χ1) is 11.5. The minimum atomic E-state index is -0.649. The van der Waals surface area contributed by atoms with Crippen molar-refractivity contribution in [3.63, 3.8) is 0 Å². The topological polar surface area (TPSA) is 56.7 Å². The van der Waals surface area contributed by atoms with Crippen molar-refractivity contribution in [2.75, 3.05) is 31.1 Å². The predicted molar refractivity (Wildman–Crippen MR) is 106 cm³/mol. The zero-order valence-electron chi connectivity index (χ0n) is 13.9. The molecule has 0 spiro atoms. The Labute approximate surface area is 158 Å². The molecule has 4 nitrogen and oxygen atoms in total. The van der Waals surface area contributed by atoms with Gasteiger partial charge in [0.15, 0.2) is 5.96 Å². The van der Waals surface area contributed by atoms with E-state index in [1.54, 1.807) is 17.8 Å². The average Bonchev–Trinajstić information content (AvgIpc) is 2.98. The summed E-state index contributed by atoms with van der Waals surface area (Å²) in [4.78, 5) is 4.53. The third kappa shape index (κ3) is 6.36. The smallest absolute Gasteiger partial charge is 0.191 e. The van der Waals surface area contributed by atoms with Crippen LogP contribution in [0.15, 0.2) is 23.2 Å². The second-order valence-electron chi connectivity index (χ2n) is 5.99. The Bertz CT molecular complexity index is 563. The monoisotopic (exact) mass is 389 g/mol. The summed E-state index contributed by atoms with van der Waals surface area (Å²) >= 11 is 13.9. The molecular weight excluding hydrogens is 365 g/mol. The van der Waals surface area contributed by atoms with Gasteiger partial charge in [0.2, 0.25) is 0 Å². The van der Waals surface area contributed by atoms with E-state index in [0.717, 1.165) is 55.4 Å². The van der Waals surface area contributed by atoms with Crippen molar-refractivity contribution in [3.05, 3.63) is 33.8 Å². The summed E-state index contributed by atoms with van der Waals surface area (Å²) in [5.41, 5.74) is 0.450. The van der Waals surface area contributed by atoms with Crippen molar-refractivity contribution >= 4 is 40.9 Å². The third-order valence-electron chi connectivity index (χ3n) is 3.89. The van der Waals surface area contributed by atoms with Gasteiger partial charge in [0, 0.05) is 28.9 Å². The number of aliphatic hydroxyl groups is 1. The number of halogens is 2. The quantitative estimate of drug-likeness (QED) is 0.380. The third-order valence-corrected chi connectivity index (χ3v) is 5.71. The standard InChI is InChI=1S/C17H25Cl2N3OS/c1-2-20-16(22-11-17(23)7-9-24-12-17)21-8-3-4-13-5-6-14(18)10-15(13)19/h5-6,10,23H,2-4,7-9,11-12H2,1H3,(H2,20,21,22). The first-order valence-electron chi connectivity index (χ1n) is 8.29. The van der Waals surface area contributed by atoms with E-state index in [9.17, 15) is 5.11 Å². The van der Waals surface area contributed by atoms with Gasteiger partial charge < -0.3 is 15.7 Å². The number of guanidine groups is 1. The molecule has 1 unspecified atom stereocenters. The molecule has 0 radical (unpaired) electrons. The van der Waals surface area contributed by atoms with Crippen LogP contribution >= 0.6 is 35.0 Å². The number of hydrogen-bond acceptors (Lipinski definition) is 3. The van der Waals surface area contributed by atoms with E-state index in [1.807, 2.05) is 19.1 Å². The van der Waals surface area contributed by atoms with Gasteiger partial charge in [0.25, 0.3) is 0 Å². The molecular formula is C17H25Cl2N3OS. The van der Waals surface area contributed by atoms with Crippen LogP contribution < -0.4 is 10.6 Å². The van der Waals surface area contributed by atoms with E-state index in [0.29, 0.717) is 16.6 Å². The molecule has 1 heterocycles. The van der Waals surface area contributed by atoms with Gasteiger partial charge in [0.1, 0.15) is 0 Å². The molecule has 0 bridgehead atoms. The molecule has 1 aromatic carbocycles. The summed E-state index contributed by atoms with van der Waals surface area (Å²) in [5.74, 6) is 2.54. The van der Waals surface area contributed by atoms with Crippen LogP contribution in [0.3, 0.4) is 0 Å². The molecule has 0 saturated carbocycles. The second kappa shape index (κ2) is 9.76. The predicted octanol–water partition coefficient (Wildman–Crippen LogP) is 3.35. The summed E-state index contributed by atoms with van der Waals surface area (Å²) in [7, 11) is 0. The lowest BCUT2D eigenvalue weighted by Gasteiger charge is -2.19. The first kappa shape index (κ1) is 19.7. The number of nitrogens with zero attached hydrogens (tertiary/aromatic N) is 1. The van der Waals surface area contributed by atoms with E-state index in [-0.39, 0.29) is 0 Å². The molecule has 134 valence electrons. The van der Waals surface area contributed by atoms with Gasteiger partial charge in [-0.05, 0) is 49.6 Å². The number of rotatable bonds is 7. The molecule has 1 atom stereocenters. The fraction of sp³-hybridized carbons (Fsp3) is 0.588. The highest BCUT2D eigenvalue weighted by atomic mass is 35.5. The van der Waals surface area contributed by atoms with Crippen molar-refractivity contribution in [1.82, 2.24) is 10.6 Å². The number of nitrogens with one attached hydrogen (secondary N) is 2. The maximum absolute atomic E-state index is 10.4. The Morgan fingerprint density at radius 3 is 2.88 bits per heavy atom. The van der Waals surface area contributed by atoms with Crippen LogP contribution in [0, 0.1) is 0 Å². The molecule has 0 aliphatic carbocycles.